The van der Waals surface area contributed by atoms with E-state index in [1.54, 1.807) is 11.0 Å². The Morgan fingerprint density at radius 2 is 1.76 bits per heavy atom. The summed E-state index contributed by atoms with van der Waals surface area (Å²) < 4.78 is 18.5. The molecule has 3 aromatic carbocycles. The number of nitrogens with one attached hydrogen (secondary N) is 1. The number of hydrogen-bond acceptors (Lipinski definition) is 2. The molecule has 0 saturated heterocycles. The van der Waals surface area contributed by atoms with Crippen molar-refractivity contribution in [2.75, 3.05) is 0 Å². The molecule has 0 unspecified atom stereocenters. The number of fused-ring (bicyclic) bond motifs is 3. The van der Waals surface area contributed by atoms with Crippen LogP contribution in [0.1, 0.15) is 39.7 Å². The van der Waals surface area contributed by atoms with Crippen molar-refractivity contribution in [1.29, 1.82) is 0 Å². The van der Waals surface area contributed by atoms with Gasteiger partial charge in [-0.1, -0.05) is 60.2 Å². The van der Waals surface area contributed by atoms with Crippen molar-refractivity contribution >= 4 is 6.03 Å². The third-order valence-electron chi connectivity index (χ3n) is 7.08. The summed E-state index contributed by atoms with van der Waals surface area (Å²) in [5.74, 6) is 0.540. The second-order valence-corrected chi connectivity index (χ2v) is 9.67. The van der Waals surface area contributed by atoms with Crippen LogP contribution in [0, 0.1) is 19.7 Å². The smallest absolute Gasteiger partial charge is 0.318 e. The van der Waals surface area contributed by atoms with Gasteiger partial charge in [0, 0.05) is 18.3 Å². The standard InChI is InChI=1S/C31H28FN5O/c1-21-13-15-23(16-14-21)19-33-31(38)36-20-27-22(2)34-37(26-10-4-3-5-11-26)30(27)35-17-7-12-28(35)29(36)24-8-6-9-25(32)18-24/h3-18,29H,19-20H2,1-2H3,(H,33,38)/t29-/m0/s1. The van der Waals surface area contributed by atoms with E-state index in [1.165, 1.54) is 12.1 Å². The van der Waals surface area contributed by atoms with E-state index >= 15 is 0 Å². The molecule has 38 heavy (non-hydrogen) atoms. The molecule has 0 bridgehead atoms. The highest BCUT2D eigenvalue weighted by atomic mass is 19.1. The lowest BCUT2D eigenvalue weighted by atomic mass is 10.0. The number of nitrogens with zero attached hydrogens (tertiary/aromatic N) is 4. The van der Waals surface area contributed by atoms with Crippen molar-refractivity contribution in [2.24, 2.45) is 0 Å². The van der Waals surface area contributed by atoms with Gasteiger partial charge in [-0.25, -0.2) is 13.9 Å². The van der Waals surface area contributed by atoms with Crippen molar-refractivity contribution in [3.8, 4) is 11.5 Å². The maximum Gasteiger partial charge on any atom is 0.318 e. The minimum Gasteiger partial charge on any atom is -0.334 e. The van der Waals surface area contributed by atoms with Gasteiger partial charge in [-0.05, 0) is 61.4 Å². The highest BCUT2D eigenvalue weighted by molar-refractivity contribution is 5.76. The van der Waals surface area contributed by atoms with Gasteiger partial charge in [-0.2, -0.15) is 5.10 Å². The summed E-state index contributed by atoms with van der Waals surface area (Å²) in [4.78, 5) is 15.7. The first-order valence-electron chi connectivity index (χ1n) is 12.7. The van der Waals surface area contributed by atoms with Gasteiger partial charge in [0.1, 0.15) is 11.6 Å². The minimum atomic E-state index is -0.505. The summed E-state index contributed by atoms with van der Waals surface area (Å²) in [6, 6.07) is 27.7. The van der Waals surface area contributed by atoms with Crippen LogP contribution in [0.4, 0.5) is 9.18 Å². The van der Waals surface area contributed by atoms with Crippen LogP contribution in [0.15, 0.2) is 97.2 Å². The van der Waals surface area contributed by atoms with Gasteiger partial charge in [0.2, 0.25) is 0 Å². The highest BCUT2D eigenvalue weighted by Gasteiger charge is 2.36. The van der Waals surface area contributed by atoms with Gasteiger partial charge in [0.25, 0.3) is 0 Å². The molecule has 6 nitrogen and oxygen atoms in total. The van der Waals surface area contributed by atoms with E-state index < -0.39 is 6.04 Å². The fourth-order valence-electron chi connectivity index (χ4n) is 5.16. The first kappa shape index (κ1) is 23.7. The molecule has 0 aliphatic carbocycles. The summed E-state index contributed by atoms with van der Waals surface area (Å²) in [5, 5.41) is 7.97. The molecule has 1 atom stereocenters. The zero-order valence-corrected chi connectivity index (χ0v) is 21.3. The van der Waals surface area contributed by atoms with Crippen LogP contribution in [0.3, 0.4) is 0 Å². The molecule has 1 aliphatic rings. The largest absolute Gasteiger partial charge is 0.334 e. The summed E-state index contributed by atoms with van der Waals surface area (Å²) >= 11 is 0. The number of carbonyl (C=O) groups is 1. The second-order valence-electron chi connectivity index (χ2n) is 9.67. The fourth-order valence-corrected chi connectivity index (χ4v) is 5.16. The molecule has 2 aromatic heterocycles. The maximum atomic E-state index is 14.5. The van der Waals surface area contributed by atoms with Crippen molar-refractivity contribution in [3.63, 3.8) is 0 Å². The van der Waals surface area contributed by atoms with Crippen LogP contribution in [-0.2, 0) is 13.1 Å². The van der Waals surface area contributed by atoms with E-state index in [4.69, 9.17) is 5.10 Å². The van der Waals surface area contributed by atoms with Gasteiger partial charge < -0.3 is 14.8 Å². The van der Waals surface area contributed by atoms with Crippen LogP contribution < -0.4 is 5.32 Å². The van der Waals surface area contributed by atoms with E-state index in [9.17, 15) is 9.18 Å². The predicted octanol–water partition coefficient (Wildman–Crippen LogP) is 6.23. The summed E-state index contributed by atoms with van der Waals surface area (Å²) in [5.41, 5.74) is 6.44. The molecule has 0 saturated carbocycles. The minimum absolute atomic E-state index is 0.229. The van der Waals surface area contributed by atoms with Crippen molar-refractivity contribution < 1.29 is 9.18 Å². The van der Waals surface area contributed by atoms with E-state index in [2.05, 4.69) is 9.88 Å². The first-order valence-corrected chi connectivity index (χ1v) is 12.7. The number of rotatable bonds is 4. The zero-order valence-electron chi connectivity index (χ0n) is 21.3. The third kappa shape index (κ3) is 4.26. The maximum absolute atomic E-state index is 14.5. The van der Waals surface area contributed by atoms with Crippen LogP contribution in [-0.4, -0.2) is 25.3 Å². The quantitative estimate of drug-likeness (QED) is 0.315. The highest BCUT2D eigenvalue weighted by Crippen LogP contribution is 2.38. The predicted molar refractivity (Wildman–Crippen MR) is 145 cm³/mol. The Balaban J connectivity index is 1.47. The average Bonchev–Trinajstić information content (AvgIpc) is 3.49. The molecule has 0 radical (unpaired) electrons. The number of amides is 2. The molecule has 0 fully saturated rings. The SMILES string of the molecule is Cc1ccc(CNC(=O)N2Cc3c(C)nn(-c4ccccc4)c3-n3cccc3[C@@H]2c2cccc(F)c2)cc1. The fraction of sp³-hybridized carbons (Fsp3) is 0.161. The lowest BCUT2D eigenvalue weighted by Gasteiger charge is -2.31. The zero-order chi connectivity index (χ0) is 26.2. The Labute approximate surface area is 221 Å². The van der Waals surface area contributed by atoms with Gasteiger partial charge in [-0.15, -0.1) is 0 Å². The van der Waals surface area contributed by atoms with Crippen LogP contribution in [0.5, 0.6) is 0 Å². The number of para-hydroxylation sites is 1. The van der Waals surface area contributed by atoms with Gasteiger partial charge in [-0.3, -0.25) is 0 Å². The van der Waals surface area contributed by atoms with E-state index in [-0.39, 0.29) is 11.8 Å². The normalized spacial score (nSPS) is 14.5. The Bertz CT molecular complexity index is 1600. The lowest BCUT2D eigenvalue weighted by Crippen LogP contribution is -2.41. The number of aromatic nitrogens is 3. The summed E-state index contributed by atoms with van der Waals surface area (Å²) in [6.45, 7) is 4.71. The molecule has 0 spiro atoms. The van der Waals surface area contributed by atoms with Gasteiger partial charge in [0.15, 0.2) is 0 Å². The number of aryl methyl sites for hydroxylation is 2. The third-order valence-corrected chi connectivity index (χ3v) is 7.08. The summed E-state index contributed by atoms with van der Waals surface area (Å²) in [6.07, 6.45) is 1.98. The Morgan fingerprint density at radius 1 is 0.974 bits per heavy atom. The molecular formula is C31H28FN5O. The van der Waals surface area contributed by atoms with Crippen molar-refractivity contribution in [1.82, 2.24) is 24.6 Å². The molecule has 1 aliphatic heterocycles. The molecule has 2 amide bonds. The van der Waals surface area contributed by atoms with Crippen molar-refractivity contribution in [2.45, 2.75) is 33.0 Å². The second kappa shape index (κ2) is 9.67. The number of carbonyl (C=O) groups excluding carboxylic acids is 1. The monoisotopic (exact) mass is 505 g/mol. The first-order chi connectivity index (χ1) is 18.5. The molecule has 6 rings (SSSR count). The van der Waals surface area contributed by atoms with Gasteiger partial charge in [0.05, 0.1) is 29.7 Å². The molecule has 5 aromatic rings. The number of benzene rings is 3. The summed E-state index contributed by atoms with van der Waals surface area (Å²) in [7, 11) is 0. The van der Waals surface area contributed by atoms with E-state index in [0.29, 0.717) is 18.7 Å². The van der Waals surface area contributed by atoms with Crippen LogP contribution in [0.25, 0.3) is 11.5 Å². The van der Waals surface area contributed by atoms with Gasteiger partial charge >= 0.3 is 6.03 Å². The number of halogens is 1. The topological polar surface area (TPSA) is 55.1 Å². The number of urea groups is 1. The molecule has 190 valence electrons. The number of hydrogen-bond donors (Lipinski definition) is 1. The van der Waals surface area contributed by atoms with Crippen LogP contribution in [0.2, 0.25) is 0 Å². The average molecular weight is 506 g/mol. The Kier molecular flexibility index (Phi) is 6.04. The Hall–Kier alpha value is -4.65. The van der Waals surface area contributed by atoms with Crippen molar-refractivity contribution in [3.05, 3.63) is 137 Å². The lowest BCUT2D eigenvalue weighted by molar-refractivity contribution is 0.180. The Morgan fingerprint density at radius 3 is 2.53 bits per heavy atom. The molecular weight excluding hydrogens is 477 g/mol. The molecule has 1 N–H and O–H groups in total. The molecule has 3 heterocycles. The van der Waals surface area contributed by atoms with E-state index in [1.807, 2.05) is 97.5 Å². The molecule has 7 heteroatoms. The van der Waals surface area contributed by atoms with E-state index in [0.717, 1.165) is 39.6 Å². The van der Waals surface area contributed by atoms with Crippen LogP contribution >= 0.6 is 0 Å².